The minimum Gasteiger partial charge on any atom is -0.444 e. The van der Waals surface area contributed by atoms with E-state index >= 15 is 0 Å². The van der Waals surface area contributed by atoms with E-state index in [0.29, 0.717) is 5.69 Å². The van der Waals surface area contributed by atoms with Gasteiger partial charge in [-0.1, -0.05) is 15.9 Å². The Kier molecular flexibility index (Phi) is 3.99. The number of fused-ring (bicyclic) bond motifs is 1. The van der Waals surface area contributed by atoms with Crippen molar-refractivity contribution in [2.45, 2.75) is 33.3 Å². The highest BCUT2D eigenvalue weighted by molar-refractivity contribution is 9.10. The number of aromatic nitrogens is 1. The van der Waals surface area contributed by atoms with Crippen LogP contribution in [0.1, 0.15) is 26.5 Å². The quantitative estimate of drug-likeness (QED) is 0.824. The van der Waals surface area contributed by atoms with Gasteiger partial charge in [0.1, 0.15) is 5.60 Å². The number of rotatable bonds is 1. The van der Waals surface area contributed by atoms with Crippen LogP contribution in [-0.4, -0.2) is 16.7 Å². The van der Waals surface area contributed by atoms with Gasteiger partial charge in [0, 0.05) is 15.6 Å². The number of carbonyl (C=O) groups is 1. The lowest BCUT2D eigenvalue weighted by molar-refractivity contribution is 0.0636. The number of benzene rings is 1. The number of nitrogens with one attached hydrogen (secondary N) is 1. The second-order valence-electron chi connectivity index (χ2n) is 5.60. The fourth-order valence-corrected chi connectivity index (χ4v) is 2.21. The largest absolute Gasteiger partial charge is 0.444 e. The van der Waals surface area contributed by atoms with Crippen molar-refractivity contribution in [1.82, 2.24) is 4.98 Å². The molecule has 0 saturated heterocycles. The van der Waals surface area contributed by atoms with Crippen LogP contribution in [0.5, 0.6) is 0 Å². The summed E-state index contributed by atoms with van der Waals surface area (Å²) in [6.45, 7) is 7.39. The fourth-order valence-electron chi connectivity index (χ4n) is 1.85. The summed E-state index contributed by atoms with van der Waals surface area (Å²) >= 11 is 3.43. The molecule has 4 nitrogen and oxygen atoms in total. The number of aryl methyl sites for hydroxylation is 1. The van der Waals surface area contributed by atoms with Crippen molar-refractivity contribution in [3.63, 3.8) is 0 Å². The SMILES string of the molecule is Cc1cc(NC(=O)OC(C)(C)C)c2cc(Br)ccc2n1. The van der Waals surface area contributed by atoms with Crippen LogP contribution in [0.25, 0.3) is 10.9 Å². The number of pyridine rings is 1. The molecule has 0 aliphatic carbocycles. The van der Waals surface area contributed by atoms with Gasteiger partial charge < -0.3 is 4.74 Å². The van der Waals surface area contributed by atoms with E-state index in [-0.39, 0.29) is 0 Å². The van der Waals surface area contributed by atoms with E-state index in [2.05, 4.69) is 26.2 Å². The van der Waals surface area contributed by atoms with Crippen LogP contribution in [0, 0.1) is 6.92 Å². The van der Waals surface area contributed by atoms with Crippen molar-refractivity contribution < 1.29 is 9.53 Å². The van der Waals surface area contributed by atoms with Crippen molar-refractivity contribution in [3.8, 4) is 0 Å². The Morgan fingerprint density at radius 1 is 1.30 bits per heavy atom. The first-order valence-corrected chi connectivity index (χ1v) is 7.11. The van der Waals surface area contributed by atoms with Gasteiger partial charge in [-0.15, -0.1) is 0 Å². The normalized spacial score (nSPS) is 11.4. The zero-order chi connectivity index (χ0) is 14.9. The number of nitrogens with zero attached hydrogens (tertiary/aromatic N) is 1. The van der Waals surface area contributed by atoms with E-state index in [0.717, 1.165) is 21.1 Å². The number of anilines is 1. The maximum Gasteiger partial charge on any atom is 0.412 e. The molecular weight excluding hydrogens is 320 g/mol. The van der Waals surface area contributed by atoms with Crippen LogP contribution >= 0.6 is 15.9 Å². The molecule has 0 spiro atoms. The Bertz CT molecular complexity index is 663. The van der Waals surface area contributed by atoms with Crippen LogP contribution in [-0.2, 0) is 4.74 Å². The molecule has 1 heterocycles. The smallest absolute Gasteiger partial charge is 0.412 e. The van der Waals surface area contributed by atoms with E-state index in [9.17, 15) is 4.79 Å². The predicted molar refractivity (Wildman–Crippen MR) is 84.0 cm³/mol. The Morgan fingerprint density at radius 2 is 2.00 bits per heavy atom. The molecular formula is C15H17BrN2O2. The van der Waals surface area contributed by atoms with Gasteiger partial charge in [-0.25, -0.2) is 4.79 Å². The van der Waals surface area contributed by atoms with E-state index in [1.54, 1.807) is 0 Å². The van der Waals surface area contributed by atoms with Crippen molar-refractivity contribution in [2.24, 2.45) is 0 Å². The second kappa shape index (κ2) is 5.40. The standard InChI is InChI=1S/C15H17BrN2O2/c1-9-7-13(18-14(19)20-15(2,3)4)11-8-10(16)5-6-12(11)17-9/h5-8H,1-4H3,(H,17,18,19). The van der Waals surface area contributed by atoms with Gasteiger partial charge >= 0.3 is 6.09 Å². The lowest BCUT2D eigenvalue weighted by Crippen LogP contribution is -2.27. The Morgan fingerprint density at radius 3 is 2.65 bits per heavy atom. The lowest BCUT2D eigenvalue weighted by Gasteiger charge is -2.20. The molecule has 0 bridgehead atoms. The van der Waals surface area contributed by atoms with E-state index < -0.39 is 11.7 Å². The van der Waals surface area contributed by atoms with Crippen LogP contribution in [0.15, 0.2) is 28.7 Å². The number of ether oxygens (including phenoxy) is 1. The summed E-state index contributed by atoms with van der Waals surface area (Å²) in [5.74, 6) is 0. The molecule has 1 aromatic heterocycles. The Hall–Kier alpha value is -1.62. The summed E-state index contributed by atoms with van der Waals surface area (Å²) in [7, 11) is 0. The molecule has 1 aromatic carbocycles. The average Bonchev–Trinajstić information content (AvgIpc) is 2.27. The molecule has 0 saturated carbocycles. The Balaban J connectivity index is 2.38. The van der Waals surface area contributed by atoms with Gasteiger partial charge in [0.05, 0.1) is 11.2 Å². The first kappa shape index (κ1) is 14.8. The van der Waals surface area contributed by atoms with Crippen LogP contribution in [0.3, 0.4) is 0 Å². The second-order valence-corrected chi connectivity index (χ2v) is 6.52. The maximum atomic E-state index is 11.9. The molecule has 1 amide bonds. The van der Waals surface area contributed by atoms with Crippen LogP contribution in [0.4, 0.5) is 10.5 Å². The average molecular weight is 337 g/mol. The van der Waals surface area contributed by atoms with Crippen molar-refractivity contribution in [2.75, 3.05) is 5.32 Å². The number of carbonyl (C=O) groups excluding carboxylic acids is 1. The van der Waals surface area contributed by atoms with Crippen LogP contribution < -0.4 is 5.32 Å². The van der Waals surface area contributed by atoms with Gasteiger partial charge in [-0.2, -0.15) is 0 Å². The molecule has 0 unspecified atom stereocenters. The molecule has 2 rings (SSSR count). The first-order valence-electron chi connectivity index (χ1n) is 6.31. The van der Waals surface area contributed by atoms with E-state index in [1.807, 2.05) is 52.0 Å². The highest BCUT2D eigenvalue weighted by Crippen LogP contribution is 2.26. The number of hydrogen-bond donors (Lipinski definition) is 1. The molecule has 2 aromatic rings. The fraction of sp³-hybridized carbons (Fsp3) is 0.333. The molecule has 0 atom stereocenters. The van der Waals surface area contributed by atoms with Gasteiger partial charge in [0.2, 0.25) is 0 Å². The minimum atomic E-state index is -0.525. The topological polar surface area (TPSA) is 51.2 Å². The maximum absolute atomic E-state index is 11.9. The monoisotopic (exact) mass is 336 g/mol. The zero-order valence-corrected chi connectivity index (χ0v) is 13.5. The summed E-state index contributed by atoms with van der Waals surface area (Å²) in [4.78, 5) is 16.3. The molecule has 0 fully saturated rings. The molecule has 106 valence electrons. The van der Waals surface area contributed by atoms with E-state index in [4.69, 9.17) is 4.74 Å². The summed E-state index contributed by atoms with van der Waals surface area (Å²) in [6.07, 6.45) is -0.468. The summed E-state index contributed by atoms with van der Waals surface area (Å²) in [5, 5.41) is 3.66. The van der Waals surface area contributed by atoms with Crippen molar-refractivity contribution >= 4 is 38.6 Å². The third-order valence-electron chi connectivity index (χ3n) is 2.53. The molecule has 5 heteroatoms. The van der Waals surface area contributed by atoms with Gasteiger partial charge in [0.15, 0.2) is 0 Å². The van der Waals surface area contributed by atoms with Gasteiger partial charge in [-0.05, 0) is 52.0 Å². The third-order valence-corrected chi connectivity index (χ3v) is 3.03. The van der Waals surface area contributed by atoms with Gasteiger partial charge in [-0.3, -0.25) is 10.3 Å². The summed E-state index contributed by atoms with van der Waals surface area (Å²) in [6, 6.07) is 7.59. The highest BCUT2D eigenvalue weighted by Gasteiger charge is 2.17. The predicted octanol–water partition coefficient (Wildman–Crippen LogP) is 4.65. The van der Waals surface area contributed by atoms with Crippen molar-refractivity contribution in [3.05, 3.63) is 34.4 Å². The van der Waals surface area contributed by atoms with E-state index in [1.165, 1.54) is 0 Å². The number of hydrogen-bond acceptors (Lipinski definition) is 3. The summed E-state index contributed by atoms with van der Waals surface area (Å²) in [5.41, 5.74) is 1.84. The van der Waals surface area contributed by atoms with Crippen LogP contribution in [0.2, 0.25) is 0 Å². The Labute approximate surface area is 126 Å². The zero-order valence-electron chi connectivity index (χ0n) is 12.0. The number of halogens is 1. The third kappa shape index (κ3) is 3.70. The lowest BCUT2D eigenvalue weighted by atomic mass is 10.1. The molecule has 20 heavy (non-hydrogen) atoms. The molecule has 0 aliphatic rings. The summed E-state index contributed by atoms with van der Waals surface area (Å²) < 4.78 is 6.21. The first-order chi connectivity index (χ1) is 9.24. The van der Waals surface area contributed by atoms with Crippen molar-refractivity contribution in [1.29, 1.82) is 0 Å². The molecule has 0 radical (unpaired) electrons. The van der Waals surface area contributed by atoms with Gasteiger partial charge in [0.25, 0.3) is 0 Å². The highest BCUT2D eigenvalue weighted by atomic mass is 79.9. The molecule has 0 aliphatic heterocycles. The minimum absolute atomic E-state index is 0.468. The number of amides is 1. The molecule has 1 N–H and O–H groups in total.